The van der Waals surface area contributed by atoms with Gasteiger partial charge in [0.05, 0.1) is 5.69 Å². The Bertz CT molecular complexity index is 559. The van der Waals surface area contributed by atoms with Gasteiger partial charge in [-0.1, -0.05) is 74.8 Å². The van der Waals surface area contributed by atoms with Gasteiger partial charge in [-0.15, -0.1) is 0 Å². The fraction of sp³-hybridized carbons (Fsp3) is 0.308. The Hall–Kier alpha value is -0.420. The van der Waals surface area contributed by atoms with E-state index in [1.165, 1.54) is 5.56 Å². The standard InChI is InChI=1S/C13H14ClNS3/c1-9(2)15(8-10-6-4-3-5-7-10)11-12(14)17-18-13(11)16/h3-7,9H,8H2,1-2H3. The second-order valence-corrected chi connectivity index (χ2v) is 7.70. The Morgan fingerprint density at radius 3 is 2.39 bits per heavy atom. The predicted octanol–water partition coefficient (Wildman–Crippen LogP) is 5.61. The molecule has 1 nitrogen and oxygen atoms in total. The van der Waals surface area contributed by atoms with Gasteiger partial charge in [-0.2, -0.15) is 0 Å². The first-order valence-corrected chi connectivity index (χ1v) is 8.62. The number of hydrogen-bond acceptors (Lipinski definition) is 4. The number of halogens is 1. The molecule has 2 rings (SSSR count). The minimum Gasteiger partial charge on any atom is -0.361 e. The third kappa shape index (κ3) is 3.12. The van der Waals surface area contributed by atoms with Crippen molar-refractivity contribution < 1.29 is 0 Å². The lowest BCUT2D eigenvalue weighted by atomic mass is 10.2. The number of hydrogen-bond donors (Lipinski definition) is 0. The van der Waals surface area contributed by atoms with Crippen LogP contribution in [0.1, 0.15) is 19.4 Å². The predicted molar refractivity (Wildman–Crippen MR) is 85.8 cm³/mol. The fourth-order valence-corrected chi connectivity index (χ4v) is 4.68. The van der Waals surface area contributed by atoms with Crippen LogP contribution in [0.2, 0.25) is 4.34 Å². The lowest BCUT2D eigenvalue weighted by molar-refractivity contribution is 0.683. The molecule has 5 heteroatoms. The number of anilines is 1. The average Bonchev–Trinajstić information content (AvgIpc) is 2.67. The van der Waals surface area contributed by atoms with E-state index in [9.17, 15) is 0 Å². The van der Waals surface area contributed by atoms with Gasteiger partial charge in [-0.05, 0) is 19.4 Å². The summed E-state index contributed by atoms with van der Waals surface area (Å²) < 4.78 is 1.68. The molecule has 0 atom stereocenters. The van der Waals surface area contributed by atoms with Crippen LogP contribution in [0.5, 0.6) is 0 Å². The van der Waals surface area contributed by atoms with Crippen LogP contribution in [0.15, 0.2) is 30.3 Å². The van der Waals surface area contributed by atoms with Crippen LogP contribution in [0.4, 0.5) is 5.69 Å². The number of nitrogens with zero attached hydrogens (tertiary/aromatic N) is 1. The Labute approximate surface area is 125 Å². The normalized spacial score (nSPS) is 10.9. The molecule has 2 aromatic rings. The second kappa shape index (κ2) is 6.15. The topological polar surface area (TPSA) is 3.24 Å². The molecule has 0 N–H and O–H groups in total. The quantitative estimate of drug-likeness (QED) is 0.533. The van der Waals surface area contributed by atoms with Gasteiger partial charge >= 0.3 is 0 Å². The van der Waals surface area contributed by atoms with E-state index in [1.54, 1.807) is 20.7 Å². The van der Waals surface area contributed by atoms with Crippen molar-refractivity contribution in [2.24, 2.45) is 0 Å². The van der Waals surface area contributed by atoms with Crippen LogP contribution >= 0.6 is 44.5 Å². The van der Waals surface area contributed by atoms with E-state index in [0.717, 1.165) is 20.4 Å². The third-order valence-electron chi connectivity index (χ3n) is 2.68. The molecule has 0 spiro atoms. The molecular weight excluding hydrogens is 302 g/mol. The molecule has 0 aliphatic carbocycles. The summed E-state index contributed by atoms with van der Waals surface area (Å²) in [4.78, 5) is 2.27. The molecule has 0 amide bonds. The molecule has 1 heterocycles. The Morgan fingerprint density at radius 2 is 1.89 bits per heavy atom. The van der Waals surface area contributed by atoms with Gasteiger partial charge in [0.25, 0.3) is 0 Å². The van der Waals surface area contributed by atoms with Crippen LogP contribution in [-0.2, 0) is 6.54 Å². The minimum absolute atomic E-state index is 0.367. The molecule has 0 aliphatic rings. The summed E-state index contributed by atoms with van der Waals surface area (Å²) in [7, 11) is 3.12. The smallest absolute Gasteiger partial charge is 0.129 e. The zero-order valence-corrected chi connectivity index (χ0v) is 13.4. The average molecular weight is 316 g/mol. The van der Waals surface area contributed by atoms with Crippen molar-refractivity contribution in [2.75, 3.05) is 4.90 Å². The Kier molecular flexibility index (Phi) is 4.78. The van der Waals surface area contributed by atoms with E-state index in [4.69, 9.17) is 23.8 Å². The van der Waals surface area contributed by atoms with Crippen molar-refractivity contribution in [3.63, 3.8) is 0 Å². The zero-order valence-electron chi connectivity index (χ0n) is 10.2. The lowest BCUT2D eigenvalue weighted by Crippen LogP contribution is -2.30. The van der Waals surface area contributed by atoms with Crippen molar-refractivity contribution in [3.8, 4) is 0 Å². The first kappa shape index (κ1) is 14.0. The molecule has 1 aromatic carbocycles. The van der Waals surface area contributed by atoms with Gasteiger partial charge in [0.15, 0.2) is 0 Å². The van der Waals surface area contributed by atoms with Gasteiger partial charge in [0.1, 0.15) is 8.16 Å². The highest BCUT2D eigenvalue weighted by Gasteiger charge is 2.18. The maximum Gasteiger partial charge on any atom is 0.129 e. The summed E-state index contributed by atoms with van der Waals surface area (Å²) in [5, 5.41) is 0. The van der Waals surface area contributed by atoms with E-state index in [1.807, 2.05) is 6.07 Å². The summed E-state index contributed by atoms with van der Waals surface area (Å²) in [5.74, 6) is 0. The molecule has 0 aliphatic heterocycles. The number of rotatable bonds is 4. The van der Waals surface area contributed by atoms with Gasteiger partial charge in [0, 0.05) is 12.6 Å². The monoisotopic (exact) mass is 315 g/mol. The van der Waals surface area contributed by atoms with Crippen LogP contribution in [-0.4, -0.2) is 6.04 Å². The largest absolute Gasteiger partial charge is 0.361 e. The summed E-state index contributed by atoms with van der Waals surface area (Å²) in [6.07, 6.45) is 0. The van der Waals surface area contributed by atoms with Crippen LogP contribution in [0.3, 0.4) is 0 Å². The van der Waals surface area contributed by atoms with Crippen molar-refractivity contribution >= 4 is 50.2 Å². The highest BCUT2D eigenvalue weighted by Crippen LogP contribution is 2.38. The van der Waals surface area contributed by atoms with E-state index >= 15 is 0 Å². The van der Waals surface area contributed by atoms with Crippen molar-refractivity contribution in [3.05, 3.63) is 44.1 Å². The molecule has 0 bridgehead atoms. The van der Waals surface area contributed by atoms with Gasteiger partial charge < -0.3 is 4.90 Å². The summed E-state index contributed by atoms with van der Waals surface area (Å²) in [6, 6.07) is 10.8. The van der Waals surface area contributed by atoms with Gasteiger partial charge in [-0.3, -0.25) is 0 Å². The molecule has 1 aromatic heterocycles. The molecule has 0 saturated heterocycles. The molecule has 0 radical (unpaired) electrons. The van der Waals surface area contributed by atoms with Crippen LogP contribution < -0.4 is 4.90 Å². The van der Waals surface area contributed by atoms with Crippen molar-refractivity contribution in [2.45, 2.75) is 26.4 Å². The van der Waals surface area contributed by atoms with Gasteiger partial charge in [-0.25, -0.2) is 0 Å². The maximum absolute atomic E-state index is 6.27. The van der Waals surface area contributed by atoms with E-state index in [2.05, 4.69) is 43.0 Å². The van der Waals surface area contributed by atoms with E-state index in [-0.39, 0.29) is 0 Å². The Morgan fingerprint density at radius 1 is 1.22 bits per heavy atom. The SMILES string of the molecule is CC(C)N(Cc1ccccc1)c1c(Cl)ssc1=S. The lowest BCUT2D eigenvalue weighted by Gasteiger charge is -2.28. The van der Waals surface area contributed by atoms with E-state index in [0.29, 0.717) is 6.04 Å². The summed E-state index contributed by atoms with van der Waals surface area (Å²) in [5.41, 5.74) is 2.29. The molecule has 18 heavy (non-hydrogen) atoms. The molecule has 96 valence electrons. The molecule has 0 fully saturated rings. The van der Waals surface area contributed by atoms with Crippen LogP contribution in [0.25, 0.3) is 0 Å². The highest BCUT2D eigenvalue weighted by atomic mass is 35.5. The molecule has 0 unspecified atom stereocenters. The summed E-state index contributed by atoms with van der Waals surface area (Å²) in [6.45, 7) is 5.16. The van der Waals surface area contributed by atoms with E-state index < -0.39 is 0 Å². The zero-order chi connectivity index (χ0) is 13.1. The third-order valence-corrected chi connectivity index (χ3v) is 6.14. The second-order valence-electron chi connectivity index (χ2n) is 4.28. The van der Waals surface area contributed by atoms with Crippen molar-refractivity contribution in [1.82, 2.24) is 0 Å². The Balaban J connectivity index is 2.33. The highest BCUT2D eigenvalue weighted by molar-refractivity contribution is 7.80. The first-order valence-electron chi connectivity index (χ1n) is 5.68. The fourth-order valence-electron chi connectivity index (χ4n) is 1.76. The number of benzene rings is 1. The van der Waals surface area contributed by atoms with Crippen LogP contribution in [0, 0.1) is 3.82 Å². The molecule has 0 saturated carbocycles. The summed E-state index contributed by atoms with van der Waals surface area (Å²) >= 11 is 11.7. The maximum atomic E-state index is 6.27. The van der Waals surface area contributed by atoms with Crippen molar-refractivity contribution in [1.29, 1.82) is 0 Å². The first-order chi connectivity index (χ1) is 8.59. The molecular formula is C13H14ClNS3. The van der Waals surface area contributed by atoms with Gasteiger partial charge in [0.2, 0.25) is 0 Å². The minimum atomic E-state index is 0.367.